The minimum atomic E-state index is -4.11. The molecule has 39 heavy (non-hydrogen) atoms. The number of halogens is 1. The fourth-order valence-corrected chi connectivity index (χ4v) is 5.33. The average molecular weight is 555 g/mol. The molecule has 0 saturated carbocycles. The van der Waals surface area contributed by atoms with E-state index >= 15 is 0 Å². The van der Waals surface area contributed by atoms with E-state index in [9.17, 15) is 22.4 Å². The van der Waals surface area contributed by atoms with Gasteiger partial charge in [0, 0.05) is 39.7 Å². The molecule has 0 saturated heterocycles. The molecule has 2 amide bonds. The van der Waals surface area contributed by atoms with Crippen LogP contribution in [-0.4, -0.2) is 63.2 Å². The van der Waals surface area contributed by atoms with Crippen molar-refractivity contribution >= 4 is 27.7 Å². The van der Waals surface area contributed by atoms with Gasteiger partial charge in [-0.25, -0.2) is 8.70 Å². The summed E-state index contributed by atoms with van der Waals surface area (Å²) in [6.45, 7) is 2.79. The van der Waals surface area contributed by atoms with Gasteiger partial charge in [-0.1, -0.05) is 60.7 Å². The van der Waals surface area contributed by atoms with Crippen LogP contribution < -0.4 is 9.62 Å². The molecule has 10 heteroatoms. The highest BCUT2D eigenvalue weighted by molar-refractivity contribution is 7.90. The third-order valence-corrected chi connectivity index (χ3v) is 8.27. The number of hydrogen-bond acceptors (Lipinski definition) is 4. The highest BCUT2D eigenvalue weighted by Gasteiger charge is 2.35. The molecule has 1 atom stereocenters. The Bertz CT molecular complexity index is 1410. The van der Waals surface area contributed by atoms with E-state index in [2.05, 4.69) is 5.32 Å². The second-order valence-electron chi connectivity index (χ2n) is 9.52. The number of rotatable bonds is 11. The normalized spacial score (nSPS) is 12.2. The molecule has 208 valence electrons. The lowest BCUT2D eigenvalue weighted by Crippen LogP contribution is -2.54. The molecular formula is C29H35FN4O4S. The van der Waals surface area contributed by atoms with E-state index in [1.54, 1.807) is 25.1 Å². The summed E-state index contributed by atoms with van der Waals surface area (Å²) < 4.78 is 43.7. The summed E-state index contributed by atoms with van der Waals surface area (Å²) in [6, 6.07) is 19.5. The number of carbonyl (C=O) groups excluding carboxylic acids is 2. The Labute approximate surface area is 230 Å². The van der Waals surface area contributed by atoms with Gasteiger partial charge in [0.1, 0.15) is 18.4 Å². The summed E-state index contributed by atoms with van der Waals surface area (Å²) >= 11 is 0. The summed E-state index contributed by atoms with van der Waals surface area (Å²) in [7, 11) is 0.130. The first-order valence-corrected chi connectivity index (χ1v) is 13.9. The zero-order valence-corrected chi connectivity index (χ0v) is 23.7. The maximum Gasteiger partial charge on any atom is 0.304 e. The molecular weight excluding hydrogens is 519 g/mol. The van der Waals surface area contributed by atoms with Crippen LogP contribution in [0.4, 0.5) is 10.1 Å². The monoisotopic (exact) mass is 554 g/mol. The van der Waals surface area contributed by atoms with Gasteiger partial charge in [-0.15, -0.1) is 0 Å². The standard InChI is InChI=1S/C29H35FN4O4S/c1-21-15-16-22(2)26(17-21)34(39(37,38)32(4)5)20-28(35)33(19-24-13-9-10-14-25(24)30)27(29(36)31-3)18-23-11-7-6-8-12-23/h6-17,27H,18-20H2,1-5H3,(H,31,36). The number of likely N-dealkylation sites (N-methyl/N-ethyl adjacent to an activating group) is 1. The van der Waals surface area contributed by atoms with Crippen LogP contribution in [0.25, 0.3) is 0 Å². The number of anilines is 1. The molecule has 0 aliphatic rings. The van der Waals surface area contributed by atoms with E-state index in [0.717, 1.165) is 19.7 Å². The number of nitrogens with zero attached hydrogens (tertiary/aromatic N) is 3. The Morgan fingerprint density at radius 2 is 1.59 bits per heavy atom. The molecule has 0 fully saturated rings. The van der Waals surface area contributed by atoms with Crippen molar-refractivity contribution in [3.63, 3.8) is 0 Å². The summed E-state index contributed by atoms with van der Waals surface area (Å²) in [6.07, 6.45) is 0.157. The maximum absolute atomic E-state index is 14.8. The lowest BCUT2D eigenvalue weighted by Gasteiger charge is -2.34. The predicted octanol–water partition coefficient (Wildman–Crippen LogP) is 3.44. The summed E-state index contributed by atoms with van der Waals surface area (Å²) in [4.78, 5) is 28.5. The molecule has 3 rings (SSSR count). The lowest BCUT2D eigenvalue weighted by molar-refractivity contribution is -0.139. The molecule has 0 aliphatic carbocycles. The van der Waals surface area contributed by atoms with Crippen molar-refractivity contribution in [2.75, 3.05) is 32.0 Å². The third-order valence-electron chi connectivity index (χ3n) is 6.47. The van der Waals surface area contributed by atoms with Crippen LogP contribution >= 0.6 is 0 Å². The zero-order chi connectivity index (χ0) is 28.7. The molecule has 3 aromatic rings. The van der Waals surface area contributed by atoms with Crippen LogP contribution in [0.3, 0.4) is 0 Å². The van der Waals surface area contributed by atoms with Crippen LogP contribution in [-0.2, 0) is 32.8 Å². The van der Waals surface area contributed by atoms with Crippen molar-refractivity contribution in [1.82, 2.24) is 14.5 Å². The van der Waals surface area contributed by atoms with Gasteiger partial charge in [-0.05, 0) is 42.7 Å². The number of nitrogens with one attached hydrogen (secondary N) is 1. The number of aryl methyl sites for hydroxylation is 2. The fraction of sp³-hybridized carbons (Fsp3) is 0.310. The molecule has 1 N–H and O–H groups in total. The van der Waals surface area contributed by atoms with Crippen LogP contribution in [0.15, 0.2) is 72.8 Å². The van der Waals surface area contributed by atoms with Gasteiger partial charge in [0.25, 0.3) is 0 Å². The summed E-state index contributed by atoms with van der Waals surface area (Å²) in [5, 5.41) is 2.60. The van der Waals surface area contributed by atoms with E-state index in [0.29, 0.717) is 11.3 Å². The van der Waals surface area contributed by atoms with Crippen LogP contribution in [0.5, 0.6) is 0 Å². The van der Waals surface area contributed by atoms with Crippen molar-refractivity contribution in [2.24, 2.45) is 0 Å². The molecule has 0 aromatic heterocycles. The summed E-state index contributed by atoms with van der Waals surface area (Å²) in [5.74, 6) is -1.62. The average Bonchev–Trinajstić information content (AvgIpc) is 2.91. The van der Waals surface area contributed by atoms with Crippen LogP contribution in [0.2, 0.25) is 0 Å². The third kappa shape index (κ3) is 7.21. The maximum atomic E-state index is 14.8. The number of carbonyl (C=O) groups is 2. The van der Waals surface area contributed by atoms with Crippen molar-refractivity contribution in [1.29, 1.82) is 0 Å². The number of hydrogen-bond donors (Lipinski definition) is 1. The van der Waals surface area contributed by atoms with E-state index in [1.165, 1.54) is 44.2 Å². The van der Waals surface area contributed by atoms with Crippen molar-refractivity contribution in [3.8, 4) is 0 Å². The molecule has 0 bridgehead atoms. The second kappa shape index (κ2) is 12.9. The lowest BCUT2D eigenvalue weighted by atomic mass is 10.0. The smallest absolute Gasteiger partial charge is 0.304 e. The van der Waals surface area contributed by atoms with E-state index in [-0.39, 0.29) is 18.5 Å². The van der Waals surface area contributed by atoms with Crippen LogP contribution in [0.1, 0.15) is 22.3 Å². The SMILES string of the molecule is CNC(=O)C(Cc1ccccc1)N(Cc1ccccc1F)C(=O)CN(c1cc(C)ccc1C)S(=O)(=O)N(C)C. The fourth-order valence-electron chi connectivity index (χ4n) is 4.22. The van der Waals surface area contributed by atoms with Gasteiger partial charge < -0.3 is 10.2 Å². The largest absolute Gasteiger partial charge is 0.357 e. The second-order valence-corrected chi connectivity index (χ2v) is 11.6. The summed E-state index contributed by atoms with van der Waals surface area (Å²) in [5.41, 5.74) is 2.83. The highest BCUT2D eigenvalue weighted by atomic mass is 32.2. The molecule has 0 radical (unpaired) electrons. The Morgan fingerprint density at radius 3 is 2.21 bits per heavy atom. The van der Waals surface area contributed by atoms with E-state index < -0.39 is 40.4 Å². The first-order valence-electron chi connectivity index (χ1n) is 12.5. The Kier molecular flexibility index (Phi) is 9.82. The molecule has 0 heterocycles. The molecule has 1 unspecified atom stereocenters. The first kappa shape index (κ1) is 29.8. The minimum Gasteiger partial charge on any atom is -0.357 e. The van der Waals surface area contributed by atoms with Crippen molar-refractivity contribution in [2.45, 2.75) is 32.9 Å². The van der Waals surface area contributed by atoms with Gasteiger partial charge in [0.2, 0.25) is 11.8 Å². The van der Waals surface area contributed by atoms with Gasteiger partial charge in [-0.2, -0.15) is 12.7 Å². The number of amides is 2. The number of benzene rings is 3. The molecule has 0 spiro atoms. The minimum absolute atomic E-state index is 0.157. The van der Waals surface area contributed by atoms with E-state index in [4.69, 9.17) is 0 Å². The van der Waals surface area contributed by atoms with E-state index in [1.807, 2.05) is 43.3 Å². The Morgan fingerprint density at radius 1 is 0.949 bits per heavy atom. The van der Waals surface area contributed by atoms with Crippen LogP contribution in [0, 0.1) is 19.7 Å². The van der Waals surface area contributed by atoms with Gasteiger partial charge in [-0.3, -0.25) is 9.59 Å². The van der Waals surface area contributed by atoms with Gasteiger partial charge in [0.05, 0.1) is 5.69 Å². The quantitative estimate of drug-likeness (QED) is 0.393. The predicted molar refractivity (Wildman–Crippen MR) is 151 cm³/mol. The zero-order valence-electron chi connectivity index (χ0n) is 22.9. The Hall–Kier alpha value is -3.76. The highest BCUT2D eigenvalue weighted by Crippen LogP contribution is 2.26. The molecule has 8 nitrogen and oxygen atoms in total. The van der Waals surface area contributed by atoms with Crippen molar-refractivity contribution in [3.05, 3.63) is 101 Å². The molecule has 0 aliphatic heterocycles. The Balaban J connectivity index is 2.11. The topological polar surface area (TPSA) is 90.0 Å². The van der Waals surface area contributed by atoms with Gasteiger partial charge in [0.15, 0.2) is 0 Å². The first-order chi connectivity index (χ1) is 18.4. The van der Waals surface area contributed by atoms with Crippen molar-refractivity contribution < 1.29 is 22.4 Å². The van der Waals surface area contributed by atoms with Gasteiger partial charge >= 0.3 is 10.2 Å². The molecule has 3 aromatic carbocycles.